The molecule has 0 aromatic carbocycles. The number of furan rings is 1. The van der Waals surface area contributed by atoms with Crippen LogP contribution in [0.5, 0.6) is 0 Å². The summed E-state index contributed by atoms with van der Waals surface area (Å²) in [5, 5.41) is 5.74. The summed E-state index contributed by atoms with van der Waals surface area (Å²) in [6.07, 6.45) is 3.88. The second-order valence-electron chi connectivity index (χ2n) is 4.84. The third-order valence-electron chi connectivity index (χ3n) is 3.05. The van der Waals surface area contributed by atoms with Gasteiger partial charge in [0.2, 0.25) is 11.8 Å². The van der Waals surface area contributed by atoms with E-state index in [1.165, 1.54) is 11.8 Å². The highest BCUT2D eigenvalue weighted by atomic mass is 32.2. The first-order chi connectivity index (χ1) is 9.70. The van der Waals surface area contributed by atoms with Crippen molar-refractivity contribution in [3.63, 3.8) is 0 Å². The van der Waals surface area contributed by atoms with E-state index in [-0.39, 0.29) is 23.5 Å². The summed E-state index contributed by atoms with van der Waals surface area (Å²) in [4.78, 5) is 27.7. The molecule has 1 aliphatic carbocycles. The molecule has 2 fully saturated rings. The fourth-order valence-corrected chi connectivity index (χ4v) is 2.82. The van der Waals surface area contributed by atoms with Gasteiger partial charge in [-0.2, -0.15) is 0 Å². The van der Waals surface area contributed by atoms with Crippen LogP contribution in [0.3, 0.4) is 0 Å². The molecule has 1 saturated heterocycles. The molecule has 1 atom stereocenters. The Labute approximate surface area is 120 Å². The fourth-order valence-electron chi connectivity index (χ4n) is 1.85. The maximum Gasteiger partial charge on any atom is 0.240 e. The SMILES string of the molecule is O=C(C[C@H]1SC(=NCc2ccco2)NC1=O)NC1CC1. The Morgan fingerprint density at radius 1 is 1.55 bits per heavy atom. The molecule has 106 valence electrons. The van der Waals surface area contributed by atoms with Crippen LogP contribution >= 0.6 is 11.8 Å². The lowest BCUT2D eigenvalue weighted by Crippen LogP contribution is -2.32. The lowest BCUT2D eigenvalue weighted by atomic mass is 10.2. The molecule has 6 nitrogen and oxygen atoms in total. The highest BCUT2D eigenvalue weighted by Gasteiger charge is 2.33. The number of nitrogens with one attached hydrogen (secondary N) is 2. The first-order valence-corrected chi connectivity index (χ1v) is 7.42. The first kappa shape index (κ1) is 13.2. The van der Waals surface area contributed by atoms with Gasteiger partial charge in [-0.3, -0.25) is 14.6 Å². The van der Waals surface area contributed by atoms with E-state index in [0.717, 1.165) is 18.6 Å². The number of hydrogen-bond donors (Lipinski definition) is 2. The van der Waals surface area contributed by atoms with Gasteiger partial charge in [0.05, 0.1) is 12.8 Å². The van der Waals surface area contributed by atoms with Gasteiger partial charge in [-0.1, -0.05) is 11.8 Å². The van der Waals surface area contributed by atoms with E-state index in [1.807, 2.05) is 6.07 Å². The molecule has 2 aliphatic rings. The van der Waals surface area contributed by atoms with Crippen molar-refractivity contribution in [1.82, 2.24) is 10.6 Å². The Morgan fingerprint density at radius 3 is 3.10 bits per heavy atom. The molecule has 0 bridgehead atoms. The monoisotopic (exact) mass is 293 g/mol. The van der Waals surface area contributed by atoms with E-state index in [0.29, 0.717) is 17.8 Å². The Bertz CT molecular complexity index is 537. The topological polar surface area (TPSA) is 83.7 Å². The molecule has 0 radical (unpaired) electrons. The Hall–Kier alpha value is -1.76. The van der Waals surface area contributed by atoms with Gasteiger partial charge in [0.25, 0.3) is 0 Å². The van der Waals surface area contributed by atoms with Gasteiger partial charge in [0.1, 0.15) is 11.0 Å². The van der Waals surface area contributed by atoms with Crippen molar-refractivity contribution in [2.75, 3.05) is 0 Å². The highest BCUT2D eigenvalue weighted by molar-refractivity contribution is 8.15. The quantitative estimate of drug-likeness (QED) is 0.849. The third-order valence-corrected chi connectivity index (χ3v) is 4.17. The molecule has 2 heterocycles. The van der Waals surface area contributed by atoms with Crippen molar-refractivity contribution in [2.45, 2.75) is 37.1 Å². The molecular weight excluding hydrogens is 278 g/mol. The number of thioether (sulfide) groups is 1. The summed E-state index contributed by atoms with van der Waals surface area (Å²) in [6.45, 7) is 0.386. The average molecular weight is 293 g/mol. The van der Waals surface area contributed by atoms with E-state index >= 15 is 0 Å². The van der Waals surface area contributed by atoms with Crippen LogP contribution in [0.2, 0.25) is 0 Å². The van der Waals surface area contributed by atoms with Crippen molar-refractivity contribution in [3.8, 4) is 0 Å². The number of carbonyl (C=O) groups is 2. The number of carbonyl (C=O) groups excluding carboxylic acids is 2. The van der Waals surface area contributed by atoms with Gasteiger partial charge in [-0.05, 0) is 25.0 Å². The van der Waals surface area contributed by atoms with Crippen LogP contribution in [0.4, 0.5) is 0 Å². The second-order valence-corrected chi connectivity index (χ2v) is 6.03. The van der Waals surface area contributed by atoms with Crippen molar-refractivity contribution in [2.24, 2.45) is 4.99 Å². The van der Waals surface area contributed by atoms with Crippen molar-refractivity contribution < 1.29 is 14.0 Å². The Balaban J connectivity index is 1.51. The van der Waals surface area contributed by atoms with Crippen LogP contribution in [0, 0.1) is 0 Å². The molecular formula is C13H15N3O3S. The highest BCUT2D eigenvalue weighted by Crippen LogP contribution is 2.24. The van der Waals surface area contributed by atoms with Gasteiger partial charge in [-0.15, -0.1) is 0 Å². The van der Waals surface area contributed by atoms with E-state index in [9.17, 15) is 9.59 Å². The predicted octanol–water partition coefficient (Wildman–Crippen LogP) is 1.04. The van der Waals surface area contributed by atoms with E-state index < -0.39 is 0 Å². The molecule has 1 aliphatic heterocycles. The van der Waals surface area contributed by atoms with Crippen molar-refractivity contribution >= 4 is 28.7 Å². The summed E-state index contributed by atoms with van der Waals surface area (Å²) in [5.41, 5.74) is 0. The third kappa shape index (κ3) is 3.41. The van der Waals surface area contributed by atoms with Crippen LogP contribution in [-0.4, -0.2) is 28.3 Å². The number of amides is 2. The zero-order chi connectivity index (χ0) is 13.9. The molecule has 1 aromatic heterocycles. The zero-order valence-electron chi connectivity index (χ0n) is 10.8. The molecule has 0 unspecified atom stereocenters. The molecule has 0 spiro atoms. The lowest BCUT2D eigenvalue weighted by Gasteiger charge is -2.05. The standard InChI is InChI=1S/C13H15N3O3S/c17-11(15-8-3-4-8)6-10-12(18)16-13(20-10)14-7-9-2-1-5-19-9/h1-2,5,8,10H,3-4,6-7H2,(H,15,17)(H,14,16,18)/t10-/m1/s1. The van der Waals surface area contributed by atoms with Gasteiger partial charge < -0.3 is 15.1 Å². The van der Waals surface area contributed by atoms with Crippen molar-refractivity contribution in [1.29, 1.82) is 0 Å². The molecule has 3 rings (SSSR count). The van der Waals surface area contributed by atoms with Crippen LogP contribution in [0.25, 0.3) is 0 Å². The Morgan fingerprint density at radius 2 is 2.40 bits per heavy atom. The first-order valence-electron chi connectivity index (χ1n) is 6.54. The number of amidine groups is 1. The summed E-state index contributed by atoms with van der Waals surface area (Å²) in [5.74, 6) is 0.522. The molecule has 20 heavy (non-hydrogen) atoms. The molecule has 1 aromatic rings. The van der Waals surface area contributed by atoms with Crippen LogP contribution in [-0.2, 0) is 16.1 Å². The minimum absolute atomic E-state index is 0.0626. The maximum absolute atomic E-state index is 11.8. The summed E-state index contributed by atoms with van der Waals surface area (Å²) in [6, 6.07) is 3.94. The molecule has 2 N–H and O–H groups in total. The van der Waals surface area contributed by atoms with Crippen LogP contribution in [0.1, 0.15) is 25.0 Å². The fraction of sp³-hybridized carbons (Fsp3) is 0.462. The van der Waals surface area contributed by atoms with Crippen molar-refractivity contribution in [3.05, 3.63) is 24.2 Å². The minimum Gasteiger partial charge on any atom is -0.467 e. The summed E-state index contributed by atoms with van der Waals surface area (Å²) in [7, 11) is 0. The van der Waals surface area contributed by atoms with Gasteiger partial charge >= 0.3 is 0 Å². The minimum atomic E-state index is -0.385. The van der Waals surface area contributed by atoms with Crippen LogP contribution in [0.15, 0.2) is 27.8 Å². The largest absolute Gasteiger partial charge is 0.467 e. The zero-order valence-corrected chi connectivity index (χ0v) is 11.6. The van der Waals surface area contributed by atoms with E-state index in [1.54, 1.807) is 12.3 Å². The van der Waals surface area contributed by atoms with Gasteiger partial charge in [0.15, 0.2) is 5.17 Å². The second kappa shape index (κ2) is 5.70. The van der Waals surface area contributed by atoms with E-state index in [2.05, 4.69) is 15.6 Å². The number of nitrogens with zero attached hydrogens (tertiary/aromatic N) is 1. The molecule has 2 amide bonds. The van der Waals surface area contributed by atoms with Crippen LogP contribution < -0.4 is 10.6 Å². The summed E-state index contributed by atoms with van der Waals surface area (Å²) >= 11 is 1.30. The maximum atomic E-state index is 11.8. The van der Waals surface area contributed by atoms with Gasteiger partial charge in [0, 0.05) is 12.5 Å². The molecule has 7 heteroatoms. The summed E-state index contributed by atoms with van der Waals surface area (Å²) < 4.78 is 5.17. The number of hydrogen-bond acceptors (Lipinski definition) is 5. The number of aliphatic imine (C=N–C) groups is 1. The van der Waals surface area contributed by atoms with Gasteiger partial charge in [-0.25, -0.2) is 0 Å². The predicted molar refractivity (Wildman–Crippen MR) is 75.2 cm³/mol. The smallest absolute Gasteiger partial charge is 0.240 e. The van der Waals surface area contributed by atoms with E-state index in [4.69, 9.17) is 4.42 Å². The Kier molecular flexibility index (Phi) is 3.77. The normalized spacial score (nSPS) is 23.9. The average Bonchev–Trinajstić information content (AvgIpc) is 2.94. The molecule has 1 saturated carbocycles. The lowest BCUT2D eigenvalue weighted by molar-refractivity contribution is -0.125. The number of rotatable bonds is 5.